The Hall–Kier alpha value is -2.52. The smallest absolute Gasteiger partial charge is 0.328 e. The molecule has 0 aliphatic rings. The number of nitro groups is 1. The van der Waals surface area contributed by atoms with Crippen LogP contribution in [0, 0.1) is 10.1 Å². The minimum atomic E-state index is -0.786. The first kappa shape index (κ1) is 20.8. The van der Waals surface area contributed by atoms with Crippen molar-refractivity contribution in [2.75, 3.05) is 19.1 Å². The Morgan fingerprint density at radius 2 is 2.11 bits per heavy atom. The van der Waals surface area contributed by atoms with E-state index >= 15 is 0 Å². The maximum Gasteiger partial charge on any atom is 0.328 e. The number of rotatable bonds is 8. The second-order valence-corrected chi connectivity index (χ2v) is 6.81. The summed E-state index contributed by atoms with van der Waals surface area (Å²) < 4.78 is 10.2. The van der Waals surface area contributed by atoms with E-state index in [-0.39, 0.29) is 22.2 Å². The minimum Gasteiger partial charge on any atom is -0.467 e. The number of carbonyl (C=O) groups is 2. The van der Waals surface area contributed by atoms with Gasteiger partial charge in [-0.25, -0.2) is 4.79 Å². The number of nitrogens with one attached hydrogen (secondary N) is 1. The number of hydrogen-bond acceptors (Lipinski definition) is 7. The van der Waals surface area contributed by atoms with Crippen LogP contribution in [0.15, 0.2) is 34.7 Å². The van der Waals surface area contributed by atoms with Crippen LogP contribution in [0.4, 0.5) is 5.69 Å². The molecular formula is C17H17ClN2O6S. The van der Waals surface area contributed by atoms with Gasteiger partial charge in [-0.05, 0) is 36.6 Å². The summed E-state index contributed by atoms with van der Waals surface area (Å²) in [5.74, 6) is -0.184. The number of non-ortho nitro benzene ring substituents is 1. The number of amides is 1. The molecule has 0 spiro atoms. The van der Waals surface area contributed by atoms with Gasteiger partial charge in [-0.1, -0.05) is 11.6 Å². The summed E-state index contributed by atoms with van der Waals surface area (Å²) in [5.41, 5.74) is 0.260. The summed E-state index contributed by atoms with van der Waals surface area (Å²) in [4.78, 5) is 34.4. The molecule has 144 valence electrons. The van der Waals surface area contributed by atoms with Crippen LogP contribution in [0.25, 0.3) is 11.3 Å². The number of hydrogen-bond donors (Lipinski definition) is 1. The van der Waals surface area contributed by atoms with Gasteiger partial charge in [0.15, 0.2) is 5.76 Å². The molecule has 1 atom stereocenters. The average Bonchev–Trinajstić information content (AvgIpc) is 3.14. The van der Waals surface area contributed by atoms with Gasteiger partial charge in [-0.3, -0.25) is 14.9 Å². The molecule has 0 aliphatic heterocycles. The van der Waals surface area contributed by atoms with Crippen molar-refractivity contribution >= 4 is 40.9 Å². The van der Waals surface area contributed by atoms with E-state index < -0.39 is 22.8 Å². The molecule has 8 nitrogen and oxygen atoms in total. The second kappa shape index (κ2) is 9.43. The summed E-state index contributed by atoms with van der Waals surface area (Å²) in [6.07, 6.45) is 2.31. The van der Waals surface area contributed by atoms with Gasteiger partial charge in [-0.2, -0.15) is 11.8 Å². The van der Waals surface area contributed by atoms with E-state index in [1.54, 1.807) is 11.8 Å². The van der Waals surface area contributed by atoms with Gasteiger partial charge in [0.1, 0.15) is 11.8 Å². The number of carbonyl (C=O) groups excluding carboxylic acids is 2. The number of ether oxygens (including phenoxy) is 1. The molecule has 0 saturated carbocycles. The third-order valence-corrected chi connectivity index (χ3v) is 4.62. The highest BCUT2D eigenvalue weighted by molar-refractivity contribution is 7.98. The lowest BCUT2D eigenvalue weighted by atomic mass is 10.1. The Balaban J connectivity index is 2.17. The van der Waals surface area contributed by atoms with E-state index in [1.165, 1.54) is 37.4 Å². The molecule has 1 aromatic heterocycles. The van der Waals surface area contributed by atoms with Gasteiger partial charge >= 0.3 is 5.97 Å². The fraction of sp³-hybridized carbons (Fsp3) is 0.294. The molecule has 0 bridgehead atoms. The van der Waals surface area contributed by atoms with E-state index in [2.05, 4.69) is 5.32 Å². The van der Waals surface area contributed by atoms with Crippen LogP contribution in [0.5, 0.6) is 0 Å². The van der Waals surface area contributed by atoms with Gasteiger partial charge < -0.3 is 14.5 Å². The Labute approximate surface area is 164 Å². The zero-order valence-corrected chi connectivity index (χ0v) is 16.1. The van der Waals surface area contributed by atoms with E-state index in [0.717, 1.165) is 0 Å². The molecule has 0 radical (unpaired) electrons. The first-order chi connectivity index (χ1) is 12.9. The summed E-state index contributed by atoms with van der Waals surface area (Å²) in [7, 11) is 1.25. The summed E-state index contributed by atoms with van der Waals surface area (Å²) in [6.45, 7) is 0. The number of benzene rings is 1. The molecule has 1 aromatic carbocycles. The highest BCUT2D eigenvalue weighted by Gasteiger charge is 2.23. The standard InChI is InChI=1S/C17H17ClN2O6S/c1-25-17(22)13(7-8-27-2)19-16(21)15-6-5-14(26-15)11-4-3-10(20(23)24)9-12(11)18/h3-6,9,13H,7-8H2,1-2H3,(H,19,21)/t13-/m1/s1. The Morgan fingerprint density at radius 1 is 1.37 bits per heavy atom. The fourth-order valence-electron chi connectivity index (χ4n) is 2.28. The molecule has 2 aromatic rings. The van der Waals surface area contributed by atoms with Crippen LogP contribution in [-0.4, -0.2) is 42.0 Å². The largest absolute Gasteiger partial charge is 0.467 e. The van der Waals surface area contributed by atoms with E-state index in [9.17, 15) is 19.7 Å². The van der Waals surface area contributed by atoms with Gasteiger partial charge in [0.25, 0.3) is 11.6 Å². The third kappa shape index (κ3) is 5.24. The van der Waals surface area contributed by atoms with Crippen LogP contribution in [-0.2, 0) is 9.53 Å². The van der Waals surface area contributed by atoms with E-state index in [0.29, 0.717) is 17.7 Å². The Morgan fingerprint density at radius 3 is 2.70 bits per heavy atom. The van der Waals surface area contributed by atoms with Crippen LogP contribution in [0.3, 0.4) is 0 Å². The maximum atomic E-state index is 12.4. The lowest BCUT2D eigenvalue weighted by Gasteiger charge is -2.15. The molecule has 2 rings (SSSR count). The molecular weight excluding hydrogens is 396 g/mol. The maximum absolute atomic E-state index is 12.4. The Bertz CT molecular complexity index is 854. The monoisotopic (exact) mass is 412 g/mol. The highest BCUT2D eigenvalue weighted by atomic mass is 35.5. The van der Waals surface area contributed by atoms with Crippen molar-refractivity contribution < 1.29 is 23.7 Å². The van der Waals surface area contributed by atoms with Gasteiger partial charge in [-0.15, -0.1) is 0 Å². The highest BCUT2D eigenvalue weighted by Crippen LogP contribution is 2.32. The fourth-order valence-corrected chi connectivity index (χ4v) is 3.02. The molecule has 0 aliphatic carbocycles. The van der Waals surface area contributed by atoms with Crippen molar-refractivity contribution in [2.24, 2.45) is 0 Å². The number of nitro benzene ring substituents is 1. The zero-order chi connectivity index (χ0) is 20.0. The SMILES string of the molecule is COC(=O)[C@@H](CCSC)NC(=O)c1ccc(-c2ccc([N+](=O)[O-])cc2Cl)o1. The molecule has 0 fully saturated rings. The molecule has 10 heteroatoms. The van der Waals surface area contributed by atoms with Crippen molar-refractivity contribution in [1.82, 2.24) is 5.32 Å². The number of thioether (sulfide) groups is 1. The van der Waals surface area contributed by atoms with Gasteiger partial charge in [0.2, 0.25) is 0 Å². The number of esters is 1. The summed E-state index contributed by atoms with van der Waals surface area (Å²) in [5, 5.41) is 13.5. The lowest BCUT2D eigenvalue weighted by molar-refractivity contribution is -0.384. The molecule has 1 heterocycles. The third-order valence-electron chi connectivity index (χ3n) is 3.66. The van der Waals surface area contributed by atoms with Gasteiger partial charge in [0.05, 0.1) is 17.1 Å². The number of nitrogens with zero attached hydrogens (tertiary/aromatic N) is 1. The van der Waals surface area contributed by atoms with Crippen LogP contribution in [0.1, 0.15) is 17.0 Å². The number of methoxy groups -OCH3 is 1. The van der Waals surface area contributed by atoms with E-state index in [1.807, 2.05) is 6.26 Å². The lowest BCUT2D eigenvalue weighted by Crippen LogP contribution is -2.41. The Kier molecular flexibility index (Phi) is 7.26. The van der Waals surface area contributed by atoms with Crippen LogP contribution >= 0.6 is 23.4 Å². The summed E-state index contributed by atoms with van der Waals surface area (Å²) in [6, 6.07) is 6.11. The van der Waals surface area contributed by atoms with Crippen molar-refractivity contribution in [3.8, 4) is 11.3 Å². The quantitative estimate of drug-likeness (QED) is 0.401. The predicted octanol–water partition coefficient (Wildman–Crippen LogP) is 3.53. The average molecular weight is 413 g/mol. The predicted molar refractivity (Wildman–Crippen MR) is 102 cm³/mol. The molecule has 27 heavy (non-hydrogen) atoms. The van der Waals surface area contributed by atoms with Crippen LogP contribution < -0.4 is 5.32 Å². The second-order valence-electron chi connectivity index (χ2n) is 5.42. The number of halogens is 1. The first-order valence-corrected chi connectivity index (χ1v) is 9.56. The zero-order valence-electron chi connectivity index (χ0n) is 14.6. The minimum absolute atomic E-state index is 0.0162. The first-order valence-electron chi connectivity index (χ1n) is 7.79. The number of furan rings is 1. The van der Waals surface area contributed by atoms with Crippen molar-refractivity contribution in [1.29, 1.82) is 0 Å². The van der Waals surface area contributed by atoms with Gasteiger partial charge in [0, 0.05) is 17.7 Å². The molecule has 1 N–H and O–H groups in total. The molecule has 0 unspecified atom stereocenters. The van der Waals surface area contributed by atoms with Crippen molar-refractivity contribution in [3.63, 3.8) is 0 Å². The molecule has 0 saturated heterocycles. The van der Waals surface area contributed by atoms with Crippen molar-refractivity contribution in [3.05, 3.63) is 51.2 Å². The van der Waals surface area contributed by atoms with Crippen LogP contribution in [0.2, 0.25) is 5.02 Å². The van der Waals surface area contributed by atoms with Crippen molar-refractivity contribution in [2.45, 2.75) is 12.5 Å². The molecule has 1 amide bonds. The topological polar surface area (TPSA) is 112 Å². The summed E-state index contributed by atoms with van der Waals surface area (Å²) >= 11 is 7.61. The normalized spacial score (nSPS) is 11.7. The van der Waals surface area contributed by atoms with E-state index in [4.69, 9.17) is 20.8 Å².